The second kappa shape index (κ2) is 10.1. The molecule has 49 heavy (non-hydrogen) atoms. The van der Waals surface area contributed by atoms with Crippen LogP contribution in [-0.2, 0) is 0 Å². The zero-order valence-corrected chi connectivity index (χ0v) is 27.0. The lowest BCUT2D eigenvalue weighted by Gasteiger charge is -2.11. The van der Waals surface area contributed by atoms with E-state index in [1.54, 1.807) is 0 Å². The lowest BCUT2D eigenvalue weighted by atomic mass is 9.99. The molecule has 10 aromatic rings. The Hall–Kier alpha value is -6.23. The van der Waals surface area contributed by atoms with Gasteiger partial charge in [0.05, 0.1) is 0 Å². The van der Waals surface area contributed by atoms with E-state index in [0.29, 0.717) is 17.5 Å². The fourth-order valence-corrected chi connectivity index (χ4v) is 8.94. The second-order valence-electron chi connectivity index (χ2n) is 12.8. The number of thiophene rings is 1. The third-order valence-corrected chi connectivity index (χ3v) is 11.1. The average Bonchev–Trinajstić information content (AvgIpc) is 3.69. The molecule has 0 fully saturated rings. The van der Waals surface area contributed by atoms with Crippen LogP contribution in [0.2, 0.25) is 0 Å². The summed E-state index contributed by atoms with van der Waals surface area (Å²) in [7, 11) is 0. The maximum atomic E-state index is 5.22. The molecule has 0 unspecified atom stereocenters. The number of aromatic nitrogens is 3. The Balaban J connectivity index is 1.15. The van der Waals surface area contributed by atoms with Crippen molar-refractivity contribution in [1.29, 1.82) is 0 Å². The van der Waals surface area contributed by atoms with Crippen LogP contribution in [0.5, 0.6) is 0 Å². The monoisotopic (exact) mass is 639 g/mol. The van der Waals surface area contributed by atoms with E-state index in [9.17, 15) is 0 Å². The molecule has 0 saturated carbocycles. The van der Waals surface area contributed by atoms with Gasteiger partial charge >= 0.3 is 0 Å². The zero-order valence-electron chi connectivity index (χ0n) is 26.2. The van der Waals surface area contributed by atoms with Crippen LogP contribution in [0.25, 0.3) is 109 Å². The van der Waals surface area contributed by atoms with Crippen molar-refractivity contribution in [1.82, 2.24) is 15.0 Å². The molecule has 2 aromatic heterocycles. The van der Waals surface area contributed by atoms with Crippen LogP contribution >= 0.6 is 11.3 Å². The summed E-state index contributed by atoms with van der Waals surface area (Å²) in [6.07, 6.45) is 0. The van der Waals surface area contributed by atoms with Gasteiger partial charge < -0.3 is 0 Å². The first-order valence-electron chi connectivity index (χ1n) is 16.5. The van der Waals surface area contributed by atoms with Crippen molar-refractivity contribution in [3.05, 3.63) is 152 Å². The van der Waals surface area contributed by atoms with E-state index in [1.165, 1.54) is 69.4 Å². The van der Waals surface area contributed by atoms with Gasteiger partial charge in [0, 0.05) is 36.9 Å². The summed E-state index contributed by atoms with van der Waals surface area (Å²) in [6.45, 7) is 0. The molecular weight excluding hydrogens is 615 g/mol. The van der Waals surface area contributed by atoms with Crippen LogP contribution in [0.1, 0.15) is 0 Å². The van der Waals surface area contributed by atoms with Crippen molar-refractivity contribution in [3.63, 3.8) is 0 Å². The Kier molecular flexibility index (Phi) is 5.54. The number of rotatable bonds is 3. The molecule has 1 aliphatic rings. The highest BCUT2D eigenvalue weighted by atomic mass is 32.1. The second-order valence-corrected chi connectivity index (χ2v) is 13.9. The van der Waals surface area contributed by atoms with E-state index >= 15 is 0 Å². The molecule has 0 bridgehead atoms. The SMILES string of the molecule is c1ccc(-c2nc(-c3ccc4c(ccc5ccccc54)c3)nc(-c3cccc4sc5cc6c(cc5c34)-c3cccc4cccc-6c34)n2)cc1. The number of hydrogen-bond acceptors (Lipinski definition) is 4. The summed E-state index contributed by atoms with van der Waals surface area (Å²) in [5.74, 6) is 2.01. The highest BCUT2D eigenvalue weighted by Gasteiger charge is 2.24. The van der Waals surface area contributed by atoms with Crippen molar-refractivity contribution in [3.8, 4) is 56.4 Å². The van der Waals surface area contributed by atoms with Crippen LogP contribution in [0.15, 0.2) is 152 Å². The number of hydrogen-bond donors (Lipinski definition) is 0. The summed E-state index contributed by atoms with van der Waals surface area (Å²) in [5, 5.41) is 9.92. The fraction of sp³-hybridized carbons (Fsp3) is 0. The normalized spacial score (nSPS) is 12.1. The van der Waals surface area contributed by atoms with E-state index in [0.717, 1.165) is 22.1 Å². The Morgan fingerprint density at radius 1 is 0.327 bits per heavy atom. The fourth-order valence-electron chi connectivity index (χ4n) is 7.79. The molecular formula is C45H25N3S. The third-order valence-electron chi connectivity index (χ3n) is 10.0. The van der Waals surface area contributed by atoms with Crippen molar-refractivity contribution in [2.75, 3.05) is 0 Å². The molecule has 8 aromatic carbocycles. The molecule has 0 saturated heterocycles. The summed E-state index contributed by atoms with van der Waals surface area (Å²) >= 11 is 1.84. The van der Waals surface area contributed by atoms with Crippen LogP contribution in [0.3, 0.4) is 0 Å². The largest absolute Gasteiger partial charge is 0.208 e. The first-order chi connectivity index (χ1) is 24.3. The number of nitrogens with zero attached hydrogens (tertiary/aromatic N) is 3. The number of fused-ring (bicyclic) bond motifs is 9. The lowest BCUT2D eigenvalue weighted by molar-refractivity contribution is 1.08. The van der Waals surface area contributed by atoms with Gasteiger partial charge in [0.25, 0.3) is 0 Å². The van der Waals surface area contributed by atoms with Crippen molar-refractivity contribution in [2.24, 2.45) is 0 Å². The highest BCUT2D eigenvalue weighted by Crippen LogP contribution is 2.51. The lowest BCUT2D eigenvalue weighted by Crippen LogP contribution is -2.00. The summed E-state index contributed by atoms with van der Waals surface area (Å²) < 4.78 is 2.49. The van der Waals surface area contributed by atoms with Gasteiger partial charge in [-0.3, -0.25) is 0 Å². The molecule has 0 spiro atoms. The molecule has 0 N–H and O–H groups in total. The van der Waals surface area contributed by atoms with Gasteiger partial charge in [-0.1, -0.05) is 127 Å². The Morgan fingerprint density at radius 3 is 1.84 bits per heavy atom. The van der Waals surface area contributed by atoms with Crippen LogP contribution in [-0.4, -0.2) is 15.0 Å². The first-order valence-corrected chi connectivity index (χ1v) is 17.3. The van der Waals surface area contributed by atoms with E-state index in [1.807, 2.05) is 29.5 Å². The minimum atomic E-state index is 0.665. The molecule has 2 heterocycles. The summed E-state index contributed by atoms with van der Waals surface area (Å²) in [5.41, 5.74) is 8.18. The van der Waals surface area contributed by atoms with Gasteiger partial charge in [-0.25, -0.2) is 15.0 Å². The maximum Gasteiger partial charge on any atom is 0.164 e. The molecule has 4 heteroatoms. The van der Waals surface area contributed by atoms with Crippen molar-refractivity contribution < 1.29 is 0 Å². The number of benzene rings is 8. The predicted molar refractivity (Wildman–Crippen MR) is 206 cm³/mol. The van der Waals surface area contributed by atoms with Crippen LogP contribution < -0.4 is 0 Å². The highest BCUT2D eigenvalue weighted by molar-refractivity contribution is 7.26. The third kappa shape index (κ3) is 3.98. The first kappa shape index (κ1) is 26.8. The van der Waals surface area contributed by atoms with Gasteiger partial charge in [-0.15, -0.1) is 11.3 Å². The molecule has 0 atom stereocenters. The molecule has 11 rings (SSSR count). The Morgan fingerprint density at radius 2 is 0.980 bits per heavy atom. The molecule has 0 radical (unpaired) electrons. The van der Waals surface area contributed by atoms with E-state index in [4.69, 9.17) is 15.0 Å². The predicted octanol–water partition coefficient (Wildman–Crippen LogP) is 12.3. The molecule has 0 amide bonds. The molecule has 0 aliphatic heterocycles. The van der Waals surface area contributed by atoms with Crippen molar-refractivity contribution in [2.45, 2.75) is 0 Å². The minimum Gasteiger partial charge on any atom is -0.208 e. The van der Waals surface area contributed by atoms with Gasteiger partial charge in [0.2, 0.25) is 0 Å². The molecule has 3 nitrogen and oxygen atoms in total. The van der Waals surface area contributed by atoms with E-state index < -0.39 is 0 Å². The molecule has 1 aliphatic carbocycles. The standard InChI is InChI=1S/C45H25N3S/c1-2-10-28(11-3-1)43-46-44(30-21-22-32-29(23-30)20-19-26-9-4-5-14-31(26)32)48-45(47-43)35-17-8-18-39-42(35)38-24-36-33-15-6-12-27-13-7-16-34(41(27)33)37(36)25-40(38)49-39/h1-25H. The summed E-state index contributed by atoms with van der Waals surface area (Å²) in [6, 6.07) is 54.3. The Labute approximate surface area is 285 Å². The van der Waals surface area contributed by atoms with Crippen LogP contribution in [0.4, 0.5) is 0 Å². The Bertz CT molecular complexity index is 2990. The van der Waals surface area contributed by atoms with E-state index in [2.05, 4.69) is 133 Å². The van der Waals surface area contributed by atoms with Gasteiger partial charge in [-0.05, 0) is 78.8 Å². The van der Waals surface area contributed by atoms with Gasteiger partial charge in [0.15, 0.2) is 17.5 Å². The average molecular weight is 640 g/mol. The maximum absolute atomic E-state index is 5.22. The van der Waals surface area contributed by atoms with Gasteiger partial charge in [-0.2, -0.15) is 0 Å². The smallest absolute Gasteiger partial charge is 0.164 e. The van der Waals surface area contributed by atoms with Gasteiger partial charge in [0.1, 0.15) is 0 Å². The quantitative estimate of drug-likeness (QED) is 0.181. The minimum absolute atomic E-state index is 0.665. The van der Waals surface area contributed by atoms with E-state index in [-0.39, 0.29) is 0 Å². The van der Waals surface area contributed by atoms with Crippen LogP contribution in [0, 0.1) is 0 Å². The van der Waals surface area contributed by atoms with Crippen molar-refractivity contribution >= 4 is 63.8 Å². The summed E-state index contributed by atoms with van der Waals surface area (Å²) in [4.78, 5) is 15.5. The zero-order chi connectivity index (χ0) is 32.1. The topological polar surface area (TPSA) is 38.7 Å². The molecule has 226 valence electrons.